The van der Waals surface area contributed by atoms with Crippen LogP contribution in [0.2, 0.25) is 0 Å². The first-order chi connectivity index (χ1) is 16.4. The van der Waals surface area contributed by atoms with E-state index in [2.05, 4.69) is 43.2 Å². The van der Waals surface area contributed by atoms with Crippen molar-refractivity contribution in [2.24, 2.45) is 0 Å². The van der Waals surface area contributed by atoms with E-state index in [0.717, 1.165) is 18.7 Å². The smallest absolute Gasteiger partial charge is 0.256 e. The fourth-order valence-electron chi connectivity index (χ4n) is 4.31. The monoisotopic (exact) mass is 604 g/mol. The topological polar surface area (TPSA) is 67.8 Å². The lowest BCUT2D eigenvalue weighted by atomic mass is 9.92. The molecule has 0 aromatic heterocycles. The summed E-state index contributed by atoms with van der Waals surface area (Å²) >= 11 is 1.93. The Bertz CT molecular complexity index is 1050. The zero-order chi connectivity index (χ0) is 25.9. The maximum absolute atomic E-state index is 14.6. The Morgan fingerprint density at radius 1 is 1.11 bits per heavy atom. The molecule has 35 heavy (non-hydrogen) atoms. The second kappa shape index (κ2) is 11.4. The lowest BCUT2D eigenvalue weighted by Crippen LogP contribution is -2.67. The van der Waals surface area contributed by atoms with Gasteiger partial charge in [0, 0.05) is 35.3 Å². The van der Waals surface area contributed by atoms with E-state index in [-0.39, 0.29) is 24.3 Å². The predicted molar refractivity (Wildman–Crippen MR) is 139 cm³/mol. The van der Waals surface area contributed by atoms with E-state index in [0.29, 0.717) is 28.7 Å². The molecule has 1 heterocycles. The third-order valence-electron chi connectivity index (χ3n) is 6.10. The van der Waals surface area contributed by atoms with Gasteiger partial charge in [0.1, 0.15) is 11.4 Å². The molecule has 1 aliphatic heterocycles. The molecule has 0 atom stereocenters. The maximum Gasteiger partial charge on any atom is 0.256 e. The van der Waals surface area contributed by atoms with Gasteiger partial charge in [0.15, 0.2) is 11.6 Å². The number of hydrogen-bond donors (Lipinski definition) is 3. The van der Waals surface area contributed by atoms with Crippen LogP contribution < -0.4 is 10.6 Å². The van der Waals surface area contributed by atoms with Crippen molar-refractivity contribution in [2.45, 2.75) is 45.4 Å². The van der Waals surface area contributed by atoms with Gasteiger partial charge in [-0.15, -0.1) is 0 Å². The van der Waals surface area contributed by atoms with Gasteiger partial charge < -0.3 is 20.6 Å². The number of benzene rings is 2. The number of likely N-dealkylation sites (tertiary alicyclic amines) is 1. The highest BCUT2D eigenvalue weighted by atomic mass is 127. The standard InChI is InChI=1S/C25H32F3IN4O2/c1-15(2)33(16(3)4)10-9-30-12-25(35)13-32(14-25)24(34)18-6-7-19(26)22(28)23(18)31-21-8-5-17(29)11-20(21)27/h5-8,11,15-16,30-31,35H,9-10,12-14H2,1-4H3. The lowest BCUT2D eigenvalue weighted by Gasteiger charge is -2.46. The molecule has 3 N–H and O–H groups in total. The first-order valence-electron chi connectivity index (χ1n) is 11.6. The van der Waals surface area contributed by atoms with Crippen LogP contribution in [0.25, 0.3) is 0 Å². The fraction of sp³-hybridized carbons (Fsp3) is 0.480. The second-order valence-electron chi connectivity index (χ2n) is 9.52. The second-order valence-corrected chi connectivity index (χ2v) is 10.8. The van der Waals surface area contributed by atoms with Crippen LogP contribution in [-0.2, 0) is 0 Å². The average Bonchev–Trinajstić information content (AvgIpc) is 2.75. The fourth-order valence-corrected chi connectivity index (χ4v) is 4.76. The van der Waals surface area contributed by atoms with Crippen molar-refractivity contribution in [1.82, 2.24) is 15.1 Å². The van der Waals surface area contributed by atoms with E-state index >= 15 is 0 Å². The van der Waals surface area contributed by atoms with Crippen molar-refractivity contribution >= 4 is 39.9 Å². The van der Waals surface area contributed by atoms with Crippen LogP contribution in [-0.4, -0.2) is 71.2 Å². The molecular formula is C25H32F3IN4O2. The molecule has 2 aromatic rings. The van der Waals surface area contributed by atoms with E-state index in [4.69, 9.17) is 0 Å². The molecule has 0 saturated carbocycles. The van der Waals surface area contributed by atoms with Crippen LogP contribution in [0.3, 0.4) is 0 Å². The highest BCUT2D eigenvalue weighted by Gasteiger charge is 2.44. The van der Waals surface area contributed by atoms with Gasteiger partial charge >= 0.3 is 0 Å². The van der Waals surface area contributed by atoms with Gasteiger partial charge in [-0.1, -0.05) is 0 Å². The predicted octanol–water partition coefficient (Wildman–Crippen LogP) is 4.35. The van der Waals surface area contributed by atoms with Gasteiger partial charge in [-0.05, 0) is 80.6 Å². The quantitative estimate of drug-likeness (QED) is 0.278. The zero-order valence-corrected chi connectivity index (χ0v) is 22.5. The number of carbonyl (C=O) groups excluding carboxylic acids is 1. The van der Waals surface area contributed by atoms with E-state index < -0.39 is 34.6 Å². The van der Waals surface area contributed by atoms with Crippen LogP contribution in [0, 0.1) is 21.0 Å². The van der Waals surface area contributed by atoms with E-state index in [9.17, 15) is 23.1 Å². The van der Waals surface area contributed by atoms with Crippen molar-refractivity contribution in [1.29, 1.82) is 0 Å². The van der Waals surface area contributed by atoms with Crippen molar-refractivity contribution in [2.75, 3.05) is 38.0 Å². The van der Waals surface area contributed by atoms with Crippen LogP contribution in [0.5, 0.6) is 0 Å². The summed E-state index contributed by atoms with van der Waals surface area (Å²) in [6.07, 6.45) is 0. The van der Waals surface area contributed by atoms with Crippen molar-refractivity contribution in [3.63, 3.8) is 0 Å². The summed E-state index contributed by atoms with van der Waals surface area (Å²) in [4.78, 5) is 16.8. The molecule has 0 radical (unpaired) electrons. The minimum Gasteiger partial charge on any atom is -0.385 e. The SMILES string of the molecule is CC(C)N(CCNCC1(O)CN(C(=O)c2ccc(F)c(F)c2Nc2ccc(I)cc2F)C1)C(C)C. The number of halogens is 4. The molecule has 6 nitrogen and oxygen atoms in total. The highest BCUT2D eigenvalue weighted by Crippen LogP contribution is 2.31. The summed E-state index contributed by atoms with van der Waals surface area (Å²) in [5.41, 5.74) is -1.76. The van der Waals surface area contributed by atoms with Crippen LogP contribution in [0.4, 0.5) is 24.5 Å². The van der Waals surface area contributed by atoms with Crippen molar-refractivity contribution in [3.05, 3.63) is 56.9 Å². The number of hydrogen-bond acceptors (Lipinski definition) is 5. The minimum absolute atomic E-state index is 0.0488. The Hall–Kier alpha value is -1.89. The number of aliphatic hydroxyl groups is 1. The largest absolute Gasteiger partial charge is 0.385 e. The Balaban J connectivity index is 1.64. The minimum atomic E-state index is -1.27. The van der Waals surface area contributed by atoms with Gasteiger partial charge in [0.25, 0.3) is 5.91 Å². The summed E-state index contributed by atoms with van der Waals surface area (Å²) < 4.78 is 43.5. The highest BCUT2D eigenvalue weighted by molar-refractivity contribution is 14.1. The molecule has 1 saturated heterocycles. The molecular weight excluding hydrogens is 572 g/mol. The molecule has 192 valence electrons. The number of anilines is 2. The van der Waals surface area contributed by atoms with E-state index in [1.54, 1.807) is 6.07 Å². The van der Waals surface area contributed by atoms with Gasteiger partial charge in [-0.2, -0.15) is 0 Å². The van der Waals surface area contributed by atoms with Crippen LogP contribution in [0.15, 0.2) is 30.3 Å². The number of carbonyl (C=O) groups is 1. The molecule has 0 spiro atoms. The Kier molecular flexibility index (Phi) is 9.06. The maximum atomic E-state index is 14.6. The van der Waals surface area contributed by atoms with Gasteiger partial charge in [-0.3, -0.25) is 9.69 Å². The molecule has 10 heteroatoms. The number of nitrogens with one attached hydrogen (secondary N) is 2. The first-order valence-corrected chi connectivity index (χ1v) is 12.7. The van der Waals surface area contributed by atoms with Crippen LogP contribution >= 0.6 is 22.6 Å². The van der Waals surface area contributed by atoms with Gasteiger partial charge in [-0.25, -0.2) is 13.2 Å². The Labute approximate surface area is 218 Å². The summed E-state index contributed by atoms with van der Waals surface area (Å²) in [5, 5.41) is 16.5. The normalized spacial score (nSPS) is 15.1. The average molecular weight is 604 g/mol. The summed E-state index contributed by atoms with van der Waals surface area (Å²) in [7, 11) is 0. The Morgan fingerprint density at radius 3 is 2.37 bits per heavy atom. The molecule has 2 aromatic carbocycles. The third-order valence-corrected chi connectivity index (χ3v) is 6.77. The molecule has 1 fully saturated rings. The van der Waals surface area contributed by atoms with Crippen molar-refractivity contribution in [3.8, 4) is 0 Å². The molecule has 0 bridgehead atoms. The Morgan fingerprint density at radius 2 is 1.77 bits per heavy atom. The number of rotatable bonds is 10. The van der Waals surface area contributed by atoms with Crippen molar-refractivity contribution < 1.29 is 23.1 Å². The number of amides is 1. The summed E-state index contributed by atoms with van der Waals surface area (Å²) in [6, 6.07) is 7.08. The third kappa shape index (κ3) is 6.66. The molecule has 1 aliphatic rings. The van der Waals surface area contributed by atoms with Gasteiger partial charge in [0.05, 0.1) is 30.0 Å². The van der Waals surface area contributed by atoms with E-state index in [1.807, 2.05) is 22.6 Å². The molecule has 0 unspecified atom stereocenters. The van der Waals surface area contributed by atoms with Gasteiger partial charge in [0.2, 0.25) is 0 Å². The molecule has 0 aliphatic carbocycles. The summed E-state index contributed by atoms with van der Waals surface area (Å²) in [6.45, 7) is 10.5. The lowest BCUT2D eigenvalue weighted by molar-refractivity contribution is -0.0786. The van der Waals surface area contributed by atoms with Crippen LogP contribution in [0.1, 0.15) is 38.1 Å². The molecule has 3 rings (SSSR count). The molecule has 1 amide bonds. The summed E-state index contributed by atoms with van der Waals surface area (Å²) in [5.74, 6) is -3.66. The zero-order valence-electron chi connectivity index (χ0n) is 20.3. The first kappa shape index (κ1) is 27.7. The number of β-amino-alcohol motifs (C(OH)–C–C–N with tert-alkyl or cyclic N) is 1. The number of nitrogens with zero attached hydrogens (tertiary/aromatic N) is 2. The van der Waals surface area contributed by atoms with E-state index in [1.165, 1.54) is 17.0 Å².